The second-order valence-corrected chi connectivity index (χ2v) is 4.32. The van der Waals surface area contributed by atoms with Crippen LogP contribution in [0.2, 0.25) is 5.02 Å². The van der Waals surface area contributed by atoms with Gasteiger partial charge in [0.25, 0.3) is 5.91 Å². The zero-order chi connectivity index (χ0) is 13.1. The van der Waals surface area contributed by atoms with E-state index in [2.05, 4.69) is 10.3 Å². The Morgan fingerprint density at radius 2 is 2.11 bits per heavy atom. The molecular weight excluding hydrogens is 250 g/mol. The number of hydrogen-bond acceptors (Lipinski definition) is 3. The summed E-state index contributed by atoms with van der Waals surface area (Å²) in [7, 11) is 0. The maximum absolute atomic E-state index is 11.9. The summed E-state index contributed by atoms with van der Waals surface area (Å²) >= 11 is 6.00. The summed E-state index contributed by atoms with van der Waals surface area (Å²) in [6, 6.07) is 8.62. The van der Waals surface area contributed by atoms with Gasteiger partial charge in [-0.15, -0.1) is 0 Å². The van der Waals surface area contributed by atoms with Crippen molar-refractivity contribution in [2.45, 2.75) is 6.92 Å². The first kappa shape index (κ1) is 12.4. The van der Waals surface area contributed by atoms with E-state index in [0.29, 0.717) is 22.1 Å². The van der Waals surface area contributed by atoms with Gasteiger partial charge in [-0.3, -0.25) is 4.79 Å². The molecule has 1 amide bonds. The molecule has 0 aliphatic carbocycles. The van der Waals surface area contributed by atoms with Gasteiger partial charge in [0.15, 0.2) is 0 Å². The topological polar surface area (TPSA) is 68.0 Å². The third-order valence-corrected chi connectivity index (χ3v) is 2.75. The highest BCUT2D eigenvalue weighted by atomic mass is 35.5. The van der Waals surface area contributed by atoms with Crippen molar-refractivity contribution in [2.75, 3.05) is 11.1 Å². The summed E-state index contributed by atoms with van der Waals surface area (Å²) in [5.74, 6) is 0.107. The summed E-state index contributed by atoms with van der Waals surface area (Å²) in [4.78, 5) is 15.8. The average molecular weight is 262 g/mol. The molecule has 4 nitrogen and oxygen atoms in total. The van der Waals surface area contributed by atoms with E-state index < -0.39 is 0 Å². The second kappa shape index (κ2) is 5.06. The van der Waals surface area contributed by atoms with Gasteiger partial charge in [0, 0.05) is 6.20 Å². The van der Waals surface area contributed by atoms with E-state index >= 15 is 0 Å². The largest absolute Gasteiger partial charge is 0.384 e. The van der Waals surface area contributed by atoms with E-state index in [1.165, 1.54) is 6.20 Å². The molecule has 3 N–H and O–H groups in total. The van der Waals surface area contributed by atoms with E-state index in [9.17, 15) is 4.79 Å². The molecule has 5 heteroatoms. The van der Waals surface area contributed by atoms with Gasteiger partial charge < -0.3 is 11.1 Å². The lowest BCUT2D eigenvalue weighted by Gasteiger charge is -2.08. The Morgan fingerprint density at radius 3 is 2.78 bits per heavy atom. The zero-order valence-electron chi connectivity index (χ0n) is 9.77. The maximum atomic E-state index is 11.9. The third kappa shape index (κ3) is 2.78. The first-order chi connectivity index (χ1) is 8.56. The number of nitrogens with one attached hydrogen (secondary N) is 1. The quantitative estimate of drug-likeness (QED) is 0.873. The van der Waals surface area contributed by atoms with Crippen LogP contribution in [0.5, 0.6) is 0 Å². The van der Waals surface area contributed by atoms with Crippen LogP contribution in [0.25, 0.3) is 0 Å². The van der Waals surface area contributed by atoms with E-state index in [1.54, 1.807) is 18.2 Å². The predicted molar refractivity (Wildman–Crippen MR) is 72.8 cm³/mol. The number of carbonyl (C=O) groups is 1. The fraction of sp³-hybridized carbons (Fsp3) is 0.0769. The lowest BCUT2D eigenvalue weighted by molar-refractivity contribution is 0.102. The van der Waals surface area contributed by atoms with E-state index in [-0.39, 0.29) is 5.91 Å². The van der Waals surface area contributed by atoms with Crippen LogP contribution in [0.3, 0.4) is 0 Å². The van der Waals surface area contributed by atoms with Crippen LogP contribution in [-0.4, -0.2) is 10.9 Å². The standard InChI is InChI=1S/C13H12ClN3O/c1-8-2-4-10(14)11(6-8)17-13(18)9-3-5-12(15)16-7-9/h2-7H,1H3,(H2,15,16)(H,17,18). The Morgan fingerprint density at radius 1 is 1.33 bits per heavy atom. The third-order valence-electron chi connectivity index (χ3n) is 2.42. The molecule has 0 radical (unpaired) electrons. The molecule has 0 atom stereocenters. The van der Waals surface area contributed by atoms with Gasteiger partial charge in [-0.2, -0.15) is 0 Å². The van der Waals surface area contributed by atoms with Crippen molar-refractivity contribution >= 4 is 29.0 Å². The smallest absolute Gasteiger partial charge is 0.257 e. The van der Waals surface area contributed by atoms with Crippen LogP contribution in [0.15, 0.2) is 36.5 Å². The van der Waals surface area contributed by atoms with Gasteiger partial charge in [-0.05, 0) is 36.8 Å². The van der Waals surface area contributed by atoms with Crippen molar-refractivity contribution in [1.82, 2.24) is 4.98 Å². The molecule has 0 fully saturated rings. The molecule has 0 spiro atoms. The predicted octanol–water partition coefficient (Wildman–Crippen LogP) is 2.88. The van der Waals surface area contributed by atoms with Crippen molar-refractivity contribution < 1.29 is 4.79 Å². The van der Waals surface area contributed by atoms with Crippen LogP contribution in [0.4, 0.5) is 11.5 Å². The fourth-order valence-corrected chi connectivity index (χ4v) is 1.63. The van der Waals surface area contributed by atoms with Crippen LogP contribution in [-0.2, 0) is 0 Å². The Bertz CT molecular complexity index is 581. The number of anilines is 2. The first-order valence-corrected chi connectivity index (χ1v) is 5.73. The minimum absolute atomic E-state index is 0.269. The molecular formula is C13H12ClN3O. The number of benzene rings is 1. The Kier molecular flexibility index (Phi) is 3.48. The lowest BCUT2D eigenvalue weighted by atomic mass is 10.2. The van der Waals surface area contributed by atoms with Gasteiger partial charge in [0.2, 0.25) is 0 Å². The molecule has 18 heavy (non-hydrogen) atoms. The number of nitrogens with two attached hydrogens (primary N) is 1. The number of aromatic nitrogens is 1. The molecule has 0 saturated carbocycles. The van der Waals surface area contributed by atoms with Gasteiger partial charge in [-0.1, -0.05) is 17.7 Å². The van der Waals surface area contributed by atoms with E-state index in [0.717, 1.165) is 5.56 Å². The number of rotatable bonds is 2. The number of nitrogen functional groups attached to an aromatic ring is 1. The van der Waals surface area contributed by atoms with Crippen LogP contribution < -0.4 is 11.1 Å². The van der Waals surface area contributed by atoms with E-state index in [4.69, 9.17) is 17.3 Å². The summed E-state index contributed by atoms with van der Waals surface area (Å²) in [6.07, 6.45) is 1.42. The molecule has 2 aromatic rings. The highest BCUT2D eigenvalue weighted by Crippen LogP contribution is 2.23. The fourth-order valence-electron chi connectivity index (χ4n) is 1.47. The SMILES string of the molecule is Cc1ccc(Cl)c(NC(=O)c2ccc(N)nc2)c1. The Balaban J connectivity index is 2.21. The molecule has 0 saturated heterocycles. The monoisotopic (exact) mass is 261 g/mol. The highest BCUT2D eigenvalue weighted by Gasteiger charge is 2.08. The molecule has 0 aliphatic rings. The number of halogens is 1. The Hall–Kier alpha value is -2.07. The molecule has 92 valence electrons. The van der Waals surface area contributed by atoms with Crippen molar-refractivity contribution in [3.8, 4) is 0 Å². The number of carbonyl (C=O) groups excluding carboxylic acids is 1. The summed E-state index contributed by atoms with van der Waals surface area (Å²) < 4.78 is 0. The molecule has 2 rings (SSSR count). The number of pyridine rings is 1. The van der Waals surface area contributed by atoms with Crippen molar-refractivity contribution in [3.63, 3.8) is 0 Å². The lowest BCUT2D eigenvalue weighted by Crippen LogP contribution is -2.12. The number of amides is 1. The van der Waals surface area contributed by atoms with Crippen LogP contribution in [0, 0.1) is 6.92 Å². The van der Waals surface area contributed by atoms with Gasteiger partial charge in [0.05, 0.1) is 16.3 Å². The molecule has 0 bridgehead atoms. The number of nitrogens with zero attached hydrogens (tertiary/aromatic N) is 1. The summed E-state index contributed by atoms with van der Waals surface area (Å²) in [5, 5.41) is 3.23. The highest BCUT2D eigenvalue weighted by molar-refractivity contribution is 6.33. The van der Waals surface area contributed by atoms with Gasteiger partial charge in [0.1, 0.15) is 5.82 Å². The molecule has 1 aromatic heterocycles. The van der Waals surface area contributed by atoms with Gasteiger partial charge >= 0.3 is 0 Å². The van der Waals surface area contributed by atoms with Crippen LogP contribution >= 0.6 is 11.6 Å². The van der Waals surface area contributed by atoms with Crippen molar-refractivity contribution in [1.29, 1.82) is 0 Å². The average Bonchev–Trinajstić information content (AvgIpc) is 2.34. The number of hydrogen-bond donors (Lipinski definition) is 2. The van der Waals surface area contributed by atoms with E-state index in [1.807, 2.05) is 19.1 Å². The molecule has 1 heterocycles. The maximum Gasteiger partial charge on any atom is 0.257 e. The van der Waals surface area contributed by atoms with Crippen molar-refractivity contribution in [2.24, 2.45) is 0 Å². The van der Waals surface area contributed by atoms with Crippen molar-refractivity contribution in [3.05, 3.63) is 52.7 Å². The number of aryl methyl sites for hydroxylation is 1. The minimum atomic E-state index is -0.269. The Labute approximate surface area is 110 Å². The first-order valence-electron chi connectivity index (χ1n) is 5.35. The zero-order valence-corrected chi connectivity index (χ0v) is 10.5. The normalized spacial score (nSPS) is 10.1. The second-order valence-electron chi connectivity index (χ2n) is 3.91. The molecule has 0 unspecified atom stereocenters. The summed E-state index contributed by atoms with van der Waals surface area (Å²) in [5.41, 5.74) is 7.49. The van der Waals surface area contributed by atoms with Gasteiger partial charge in [-0.25, -0.2) is 4.98 Å². The molecule has 0 aliphatic heterocycles. The molecule has 1 aromatic carbocycles. The van der Waals surface area contributed by atoms with Crippen LogP contribution in [0.1, 0.15) is 15.9 Å². The summed E-state index contributed by atoms with van der Waals surface area (Å²) in [6.45, 7) is 1.93. The minimum Gasteiger partial charge on any atom is -0.384 e.